The molecule has 2 rings (SSSR count). The van der Waals surface area contributed by atoms with Gasteiger partial charge in [0.05, 0.1) is 27.0 Å². The van der Waals surface area contributed by atoms with E-state index in [1.165, 1.54) is 0 Å². The van der Waals surface area contributed by atoms with Crippen LogP contribution in [0.4, 0.5) is 0 Å². The molecule has 0 saturated heterocycles. The number of nitrogens with one attached hydrogen (secondary N) is 2. The fraction of sp³-hybridized carbons (Fsp3) is 0.263. The molecule has 0 atom stereocenters. The van der Waals surface area contributed by atoms with Gasteiger partial charge >= 0.3 is 0 Å². The van der Waals surface area contributed by atoms with Crippen molar-refractivity contribution in [3.63, 3.8) is 0 Å². The van der Waals surface area contributed by atoms with E-state index in [2.05, 4.69) is 15.8 Å². The molecule has 2 N–H and O–H groups in total. The average molecular weight is 373 g/mol. The Morgan fingerprint density at radius 3 is 2.54 bits per heavy atom. The third kappa shape index (κ3) is 5.63. The molecule has 0 saturated carbocycles. The van der Waals surface area contributed by atoms with Crippen molar-refractivity contribution in [2.24, 2.45) is 5.10 Å². The molecule has 0 unspecified atom stereocenters. The topological polar surface area (TPSA) is 64.1 Å². The summed E-state index contributed by atoms with van der Waals surface area (Å²) in [6.45, 7) is 3.21. The summed E-state index contributed by atoms with van der Waals surface area (Å²) < 4.78 is 16.0. The Bertz CT molecular complexity index is 748. The van der Waals surface area contributed by atoms with Crippen molar-refractivity contribution < 1.29 is 14.2 Å². The van der Waals surface area contributed by atoms with Crippen LogP contribution in [0.25, 0.3) is 0 Å². The number of hydrogen-bond donors (Lipinski definition) is 2. The Morgan fingerprint density at radius 2 is 1.88 bits per heavy atom. The maximum absolute atomic E-state index is 5.42. The summed E-state index contributed by atoms with van der Waals surface area (Å²) in [5.41, 5.74) is 4.67. The van der Waals surface area contributed by atoms with Crippen LogP contribution in [-0.4, -0.2) is 32.2 Å². The molecule has 0 amide bonds. The number of para-hydroxylation sites is 1. The number of hydrogen-bond acceptors (Lipinski definition) is 5. The average Bonchev–Trinajstić information content (AvgIpc) is 2.67. The van der Waals surface area contributed by atoms with Crippen LogP contribution in [0.2, 0.25) is 0 Å². The summed E-state index contributed by atoms with van der Waals surface area (Å²) >= 11 is 5.23. The second-order valence-electron chi connectivity index (χ2n) is 5.21. The Hall–Kier alpha value is -2.80. The molecule has 0 fully saturated rings. The molecule has 2 aromatic rings. The lowest BCUT2D eigenvalue weighted by molar-refractivity contribution is 0.340. The lowest BCUT2D eigenvalue weighted by atomic mass is 10.2. The van der Waals surface area contributed by atoms with Gasteiger partial charge in [-0.1, -0.05) is 18.2 Å². The molecular formula is C19H23N3O3S. The summed E-state index contributed by atoms with van der Waals surface area (Å²) in [6, 6.07) is 13.4. The van der Waals surface area contributed by atoms with Gasteiger partial charge in [0.25, 0.3) is 0 Å². The van der Waals surface area contributed by atoms with E-state index in [-0.39, 0.29) is 0 Å². The Balaban J connectivity index is 1.86. The third-order valence-electron chi connectivity index (χ3n) is 3.49. The summed E-state index contributed by atoms with van der Waals surface area (Å²) in [6.07, 6.45) is 1.63. The molecule has 0 bridgehead atoms. The molecule has 138 valence electrons. The quantitative estimate of drug-likeness (QED) is 0.421. The van der Waals surface area contributed by atoms with E-state index in [0.717, 1.165) is 16.9 Å². The molecular weight excluding hydrogens is 350 g/mol. The van der Waals surface area contributed by atoms with E-state index in [1.54, 1.807) is 20.4 Å². The highest BCUT2D eigenvalue weighted by molar-refractivity contribution is 7.80. The number of ether oxygens (including phenoxy) is 3. The lowest BCUT2D eigenvalue weighted by Gasteiger charge is -2.10. The largest absolute Gasteiger partial charge is 0.494 e. The number of thiocarbonyl (C=S) groups is 1. The van der Waals surface area contributed by atoms with Gasteiger partial charge in [0.2, 0.25) is 0 Å². The summed E-state index contributed by atoms with van der Waals surface area (Å²) in [4.78, 5) is 0. The molecule has 0 aliphatic heterocycles. The number of hydrazone groups is 1. The molecule has 6 nitrogen and oxygen atoms in total. The molecule has 2 aromatic carbocycles. The second-order valence-corrected chi connectivity index (χ2v) is 5.62. The molecule has 0 spiro atoms. The minimum absolute atomic E-state index is 0.428. The normalized spacial score (nSPS) is 10.4. The van der Waals surface area contributed by atoms with Crippen molar-refractivity contribution in [1.82, 2.24) is 10.7 Å². The molecule has 0 aromatic heterocycles. The van der Waals surface area contributed by atoms with Gasteiger partial charge in [-0.05, 0) is 49.0 Å². The molecule has 0 heterocycles. The van der Waals surface area contributed by atoms with Gasteiger partial charge in [-0.2, -0.15) is 5.10 Å². The van der Waals surface area contributed by atoms with Crippen molar-refractivity contribution >= 4 is 23.5 Å². The zero-order valence-electron chi connectivity index (χ0n) is 15.1. The van der Waals surface area contributed by atoms with Crippen molar-refractivity contribution in [3.05, 3.63) is 53.6 Å². The highest BCUT2D eigenvalue weighted by Gasteiger charge is 2.07. The maximum Gasteiger partial charge on any atom is 0.187 e. The summed E-state index contributed by atoms with van der Waals surface area (Å²) in [5.74, 6) is 2.12. The van der Waals surface area contributed by atoms with Crippen LogP contribution >= 0.6 is 12.2 Å². The van der Waals surface area contributed by atoms with Crippen LogP contribution < -0.4 is 25.0 Å². The number of methoxy groups -OCH3 is 2. The van der Waals surface area contributed by atoms with E-state index in [4.69, 9.17) is 26.4 Å². The minimum atomic E-state index is 0.428. The van der Waals surface area contributed by atoms with E-state index < -0.39 is 0 Å². The fourth-order valence-corrected chi connectivity index (χ4v) is 2.39. The second kappa shape index (κ2) is 10.2. The Morgan fingerprint density at radius 1 is 1.12 bits per heavy atom. The smallest absolute Gasteiger partial charge is 0.187 e. The fourth-order valence-electron chi connectivity index (χ4n) is 2.27. The van der Waals surface area contributed by atoms with Crippen LogP contribution in [0.5, 0.6) is 17.2 Å². The van der Waals surface area contributed by atoms with Crippen molar-refractivity contribution in [3.8, 4) is 17.2 Å². The third-order valence-corrected chi connectivity index (χ3v) is 3.73. The van der Waals surface area contributed by atoms with Gasteiger partial charge in [0.15, 0.2) is 16.6 Å². The SMILES string of the molecule is CCOc1ccc(CNC(=S)N/N=C\c2cccc(OC)c2OC)cc1. The minimum Gasteiger partial charge on any atom is -0.494 e. The first-order valence-electron chi connectivity index (χ1n) is 8.17. The maximum atomic E-state index is 5.42. The van der Waals surface area contributed by atoms with Gasteiger partial charge in [-0.25, -0.2) is 0 Å². The van der Waals surface area contributed by atoms with Crippen molar-refractivity contribution in [1.29, 1.82) is 0 Å². The molecule has 0 aliphatic carbocycles. The van der Waals surface area contributed by atoms with E-state index in [1.807, 2.05) is 49.4 Å². The van der Waals surface area contributed by atoms with Gasteiger partial charge in [-0.15, -0.1) is 0 Å². The zero-order chi connectivity index (χ0) is 18.8. The zero-order valence-corrected chi connectivity index (χ0v) is 15.9. The first-order chi connectivity index (χ1) is 12.7. The molecule has 7 heteroatoms. The Labute approximate surface area is 159 Å². The highest BCUT2D eigenvalue weighted by Crippen LogP contribution is 2.29. The molecule has 0 radical (unpaired) electrons. The van der Waals surface area contributed by atoms with Crippen molar-refractivity contribution in [2.75, 3.05) is 20.8 Å². The number of nitrogens with zero attached hydrogens (tertiary/aromatic N) is 1. The predicted molar refractivity (Wildman–Crippen MR) is 107 cm³/mol. The van der Waals surface area contributed by atoms with Gasteiger partial charge in [0, 0.05) is 12.1 Å². The number of benzene rings is 2. The van der Waals surface area contributed by atoms with Crippen LogP contribution in [-0.2, 0) is 6.54 Å². The van der Waals surface area contributed by atoms with E-state index in [0.29, 0.717) is 29.8 Å². The highest BCUT2D eigenvalue weighted by atomic mass is 32.1. The molecule has 0 aliphatic rings. The first kappa shape index (κ1) is 19.5. The Kier molecular flexibility index (Phi) is 7.70. The van der Waals surface area contributed by atoms with Gasteiger partial charge < -0.3 is 19.5 Å². The predicted octanol–water partition coefficient (Wildman–Crippen LogP) is 3.10. The summed E-state index contributed by atoms with van der Waals surface area (Å²) in [7, 11) is 3.18. The monoisotopic (exact) mass is 373 g/mol. The first-order valence-corrected chi connectivity index (χ1v) is 8.58. The number of rotatable bonds is 8. The van der Waals surface area contributed by atoms with Crippen molar-refractivity contribution in [2.45, 2.75) is 13.5 Å². The standard InChI is InChI=1S/C19H23N3O3S/c1-4-25-16-10-8-14(9-11-16)12-20-19(26)22-21-13-15-6-5-7-17(23-2)18(15)24-3/h5-11,13H,4,12H2,1-3H3,(H2,20,22,26)/b21-13-. The van der Waals surface area contributed by atoms with Crippen LogP contribution in [0.1, 0.15) is 18.1 Å². The van der Waals surface area contributed by atoms with Crippen LogP contribution in [0.15, 0.2) is 47.6 Å². The van der Waals surface area contributed by atoms with Gasteiger partial charge in [0.1, 0.15) is 5.75 Å². The van der Waals surface area contributed by atoms with E-state index in [9.17, 15) is 0 Å². The van der Waals surface area contributed by atoms with Crippen LogP contribution in [0.3, 0.4) is 0 Å². The lowest BCUT2D eigenvalue weighted by Crippen LogP contribution is -2.31. The van der Waals surface area contributed by atoms with E-state index >= 15 is 0 Å². The molecule has 26 heavy (non-hydrogen) atoms. The van der Waals surface area contributed by atoms with Crippen LogP contribution in [0, 0.1) is 0 Å². The van der Waals surface area contributed by atoms with Gasteiger partial charge in [-0.3, -0.25) is 5.43 Å². The summed E-state index contributed by atoms with van der Waals surface area (Å²) in [5, 5.41) is 7.67.